The fraction of sp³-hybridized carbons (Fsp3) is 0.231. The maximum absolute atomic E-state index is 12.8. The van der Waals surface area contributed by atoms with Gasteiger partial charge in [-0.15, -0.1) is 0 Å². The summed E-state index contributed by atoms with van der Waals surface area (Å²) >= 11 is 0. The molecule has 0 aliphatic rings. The van der Waals surface area contributed by atoms with Crippen LogP contribution in [-0.2, 0) is 0 Å². The van der Waals surface area contributed by atoms with Gasteiger partial charge >= 0.3 is 0 Å². The van der Waals surface area contributed by atoms with Crippen molar-refractivity contribution in [3.63, 3.8) is 0 Å². The second-order valence-corrected chi connectivity index (χ2v) is 3.92. The summed E-state index contributed by atoms with van der Waals surface area (Å²) in [7, 11) is 0. The second-order valence-electron chi connectivity index (χ2n) is 3.92. The molecule has 0 fully saturated rings. The molecule has 1 atom stereocenters. The third-order valence-electron chi connectivity index (χ3n) is 2.57. The molecule has 1 aromatic carbocycles. The molecule has 0 saturated heterocycles. The topological polar surface area (TPSA) is 46.0 Å². The molecule has 4 heteroatoms. The van der Waals surface area contributed by atoms with E-state index in [1.54, 1.807) is 25.3 Å². The van der Waals surface area contributed by atoms with Gasteiger partial charge in [0.2, 0.25) is 0 Å². The monoisotopic (exact) mass is 232 g/mol. The Bertz CT molecular complexity index is 523. The van der Waals surface area contributed by atoms with E-state index in [-0.39, 0.29) is 5.82 Å². The van der Waals surface area contributed by atoms with Crippen LogP contribution in [0, 0.1) is 12.7 Å². The van der Waals surface area contributed by atoms with Gasteiger partial charge in [0, 0.05) is 23.0 Å². The summed E-state index contributed by atoms with van der Waals surface area (Å²) in [5.74, 6) is 0.248. The zero-order valence-corrected chi connectivity index (χ0v) is 9.68. The lowest BCUT2D eigenvalue weighted by Crippen LogP contribution is -2.01. The molecule has 1 aromatic heterocycles. The Balaban J connectivity index is 2.41. The summed E-state index contributed by atoms with van der Waals surface area (Å²) in [5.41, 5.74) is 2.19. The highest BCUT2D eigenvalue weighted by Gasteiger charge is 2.09. The van der Waals surface area contributed by atoms with E-state index in [0.717, 1.165) is 11.3 Å². The van der Waals surface area contributed by atoms with E-state index in [2.05, 4.69) is 9.97 Å². The first kappa shape index (κ1) is 11.7. The number of aliphatic hydroxyl groups is 1. The Morgan fingerprint density at radius 3 is 2.41 bits per heavy atom. The number of nitrogens with zero attached hydrogens (tertiary/aromatic N) is 2. The van der Waals surface area contributed by atoms with Crippen LogP contribution in [0.1, 0.15) is 24.3 Å². The molecule has 1 N–H and O–H groups in total. The molecule has 0 amide bonds. The maximum Gasteiger partial charge on any atom is 0.159 e. The van der Waals surface area contributed by atoms with E-state index in [0.29, 0.717) is 11.4 Å². The number of hydrogen-bond acceptors (Lipinski definition) is 3. The minimum atomic E-state index is -0.586. The summed E-state index contributed by atoms with van der Waals surface area (Å²) in [6.45, 7) is 3.49. The molecule has 88 valence electrons. The number of rotatable bonds is 2. The van der Waals surface area contributed by atoms with Crippen molar-refractivity contribution in [2.24, 2.45) is 0 Å². The Kier molecular flexibility index (Phi) is 3.15. The minimum Gasteiger partial charge on any atom is -0.389 e. The molecular weight excluding hydrogens is 219 g/mol. The van der Waals surface area contributed by atoms with E-state index in [4.69, 9.17) is 0 Å². The molecule has 17 heavy (non-hydrogen) atoms. The largest absolute Gasteiger partial charge is 0.389 e. The quantitative estimate of drug-likeness (QED) is 0.865. The van der Waals surface area contributed by atoms with Gasteiger partial charge in [-0.2, -0.15) is 0 Å². The van der Waals surface area contributed by atoms with Gasteiger partial charge in [0.25, 0.3) is 0 Å². The highest BCUT2D eigenvalue weighted by Crippen LogP contribution is 2.19. The molecule has 3 nitrogen and oxygen atoms in total. The van der Waals surface area contributed by atoms with Crippen molar-refractivity contribution < 1.29 is 9.50 Å². The van der Waals surface area contributed by atoms with Crippen molar-refractivity contribution in [2.75, 3.05) is 0 Å². The first-order valence-electron chi connectivity index (χ1n) is 5.35. The van der Waals surface area contributed by atoms with Crippen LogP contribution in [0.5, 0.6) is 0 Å². The summed E-state index contributed by atoms with van der Waals surface area (Å²) in [6, 6.07) is 6.01. The predicted molar refractivity (Wildman–Crippen MR) is 62.8 cm³/mol. The van der Waals surface area contributed by atoms with Crippen LogP contribution in [0.3, 0.4) is 0 Å². The third-order valence-corrected chi connectivity index (χ3v) is 2.57. The first-order chi connectivity index (χ1) is 8.08. The normalized spacial score (nSPS) is 12.5. The van der Waals surface area contributed by atoms with Crippen LogP contribution < -0.4 is 0 Å². The van der Waals surface area contributed by atoms with Crippen molar-refractivity contribution in [2.45, 2.75) is 20.0 Å². The summed E-state index contributed by atoms with van der Waals surface area (Å²) in [6.07, 6.45) is 1.02. The van der Waals surface area contributed by atoms with Crippen LogP contribution in [0.4, 0.5) is 4.39 Å². The van der Waals surface area contributed by atoms with Crippen molar-refractivity contribution in [1.29, 1.82) is 0 Å². The average molecular weight is 232 g/mol. The fourth-order valence-corrected chi connectivity index (χ4v) is 1.62. The van der Waals surface area contributed by atoms with E-state index in [1.165, 1.54) is 12.1 Å². The van der Waals surface area contributed by atoms with Crippen LogP contribution in [-0.4, -0.2) is 15.1 Å². The molecule has 0 unspecified atom stereocenters. The van der Waals surface area contributed by atoms with Crippen molar-refractivity contribution in [1.82, 2.24) is 9.97 Å². The fourth-order valence-electron chi connectivity index (χ4n) is 1.62. The number of hydrogen-bond donors (Lipinski definition) is 1. The van der Waals surface area contributed by atoms with E-state index >= 15 is 0 Å². The number of benzene rings is 1. The molecular formula is C13H13FN2O. The zero-order valence-electron chi connectivity index (χ0n) is 9.68. The molecule has 1 heterocycles. The molecule has 0 radical (unpaired) electrons. The molecule has 2 rings (SSSR count). The molecule has 0 aliphatic heterocycles. The molecule has 2 aromatic rings. The maximum atomic E-state index is 12.8. The zero-order chi connectivity index (χ0) is 12.4. The van der Waals surface area contributed by atoms with Crippen molar-refractivity contribution in [3.05, 3.63) is 47.5 Å². The standard InChI is InChI=1S/C13H13FN2O/c1-8-12(9(2)17)7-15-13(16-8)10-3-5-11(14)6-4-10/h3-7,9,17H,1-2H3/t9-/m0/s1. The summed E-state index contributed by atoms with van der Waals surface area (Å²) < 4.78 is 12.8. The molecule has 0 aliphatic carbocycles. The number of aromatic nitrogens is 2. The third kappa shape index (κ3) is 2.47. The van der Waals surface area contributed by atoms with Crippen molar-refractivity contribution >= 4 is 0 Å². The van der Waals surface area contributed by atoms with Gasteiger partial charge in [0.1, 0.15) is 5.82 Å². The van der Waals surface area contributed by atoms with E-state index in [9.17, 15) is 9.50 Å². The Hall–Kier alpha value is -1.81. The van der Waals surface area contributed by atoms with Gasteiger partial charge in [-0.3, -0.25) is 0 Å². The number of halogens is 1. The first-order valence-corrected chi connectivity index (χ1v) is 5.35. The van der Waals surface area contributed by atoms with Gasteiger partial charge < -0.3 is 5.11 Å². The SMILES string of the molecule is Cc1nc(-c2ccc(F)cc2)ncc1[C@H](C)O. The van der Waals surface area contributed by atoms with Gasteiger partial charge in [-0.05, 0) is 38.1 Å². The lowest BCUT2D eigenvalue weighted by molar-refractivity contribution is 0.197. The lowest BCUT2D eigenvalue weighted by atomic mass is 10.1. The van der Waals surface area contributed by atoms with E-state index in [1.807, 2.05) is 6.92 Å². The van der Waals surface area contributed by atoms with Gasteiger partial charge in [0.15, 0.2) is 5.82 Å². The summed E-state index contributed by atoms with van der Waals surface area (Å²) in [4.78, 5) is 8.47. The Labute approximate surface area is 99.0 Å². The highest BCUT2D eigenvalue weighted by molar-refractivity contribution is 5.54. The lowest BCUT2D eigenvalue weighted by Gasteiger charge is -2.08. The number of aryl methyl sites for hydroxylation is 1. The van der Waals surface area contributed by atoms with Crippen LogP contribution in [0.2, 0.25) is 0 Å². The summed E-state index contributed by atoms with van der Waals surface area (Å²) in [5, 5.41) is 9.47. The minimum absolute atomic E-state index is 0.286. The number of aliphatic hydroxyl groups excluding tert-OH is 1. The Morgan fingerprint density at radius 1 is 1.24 bits per heavy atom. The second kappa shape index (κ2) is 4.59. The van der Waals surface area contributed by atoms with Crippen molar-refractivity contribution in [3.8, 4) is 11.4 Å². The van der Waals surface area contributed by atoms with Gasteiger partial charge in [-0.25, -0.2) is 14.4 Å². The van der Waals surface area contributed by atoms with Crippen LogP contribution in [0.15, 0.2) is 30.5 Å². The molecule has 0 saturated carbocycles. The van der Waals surface area contributed by atoms with Gasteiger partial charge in [-0.1, -0.05) is 0 Å². The molecule has 0 bridgehead atoms. The smallest absolute Gasteiger partial charge is 0.159 e. The predicted octanol–water partition coefficient (Wildman–Crippen LogP) is 2.64. The average Bonchev–Trinajstić information content (AvgIpc) is 2.29. The van der Waals surface area contributed by atoms with E-state index < -0.39 is 6.10 Å². The Morgan fingerprint density at radius 2 is 1.88 bits per heavy atom. The van der Waals surface area contributed by atoms with Crippen LogP contribution >= 0.6 is 0 Å². The van der Waals surface area contributed by atoms with Gasteiger partial charge in [0.05, 0.1) is 6.10 Å². The van der Waals surface area contributed by atoms with Crippen LogP contribution in [0.25, 0.3) is 11.4 Å². The molecule has 0 spiro atoms. The highest BCUT2D eigenvalue weighted by atomic mass is 19.1.